The van der Waals surface area contributed by atoms with E-state index in [0.717, 1.165) is 35.3 Å². The molecular weight excluding hydrogens is 340 g/mol. The SMILES string of the molecule is COc1cc(C(=O)N2CCCc3c(N)cccc32)cc(OC)c1C.Cl. The van der Waals surface area contributed by atoms with Crippen molar-refractivity contribution in [2.24, 2.45) is 0 Å². The fourth-order valence-electron chi connectivity index (χ4n) is 3.23. The smallest absolute Gasteiger partial charge is 0.258 e. The van der Waals surface area contributed by atoms with E-state index < -0.39 is 0 Å². The molecule has 0 saturated carbocycles. The number of hydrogen-bond acceptors (Lipinski definition) is 4. The number of nitrogens with zero attached hydrogens (tertiary/aromatic N) is 1. The van der Waals surface area contributed by atoms with E-state index >= 15 is 0 Å². The highest BCUT2D eigenvalue weighted by atomic mass is 35.5. The number of fused-ring (bicyclic) bond motifs is 1. The van der Waals surface area contributed by atoms with Crippen LogP contribution in [0.5, 0.6) is 11.5 Å². The van der Waals surface area contributed by atoms with Gasteiger partial charge in [0.1, 0.15) is 11.5 Å². The normalized spacial score (nSPS) is 12.8. The van der Waals surface area contributed by atoms with Gasteiger partial charge in [0.25, 0.3) is 5.91 Å². The Morgan fingerprint density at radius 1 is 1.16 bits per heavy atom. The van der Waals surface area contributed by atoms with Crippen molar-refractivity contribution in [3.63, 3.8) is 0 Å². The number of hydrogen-bond donors (Lipinski definition) is 1. The van der Waals surface area contributed by atoms with E-state index in [1.165, 1.54) is 0 Å². The molecule has 0 saturated heterocycles. The quantitative estimate of drug-likeness (QED) is 0.847. The summed E-state index contributed by atoms with van der Waals surface area (Å²) >= 11 is 0. The van der Waals surface area contributed by atoms with Crippen molar-refractivity contribution < 1.29 is 14.3 Å². The molecule has 2 N–H and O–H groups in total. The minimum atomic E-state index is -0.0712. The lowest BCUT2D eigenvalue weighted by molar-refractivity contribution is 0.0984. The van der Waals surface area contributed by atoms with Gasteiger partial charge in [0.15, 0.2) is 0 Å². The summed E-state index contributed by atoms with van der Waals surface area (Å²) in [4.78, 5) is 14.9. The standard InChI is InChI=1S/C19H22N2O3.ClH/c1-12-17(23-2)10-13(11-18(12)24-3)19(22)21-9-5-6-14-15(20)7-4-8-16(14)21;/h4,7-8,10-11H,5-6,9,20H2,1-3H3;1H. The van der Waals surface area contributed by atoms with Gasteiger partial charge >= 0.3 is 0 Å². The zero-order valence-electron chi connectivity index (χ0n) is 14.7. The lowest BCUT2D eigenvalue weighted by Gasteiger charge is -2.30. The average Bonchev–Trinajstić information content (AvgIpc) is 2.61. The molecule has 0 aromatic heterocycles. The summed E-state index contributed by atoms with van der Waals surface area (Å²) in [5, 5.41) is 0. The molecule has 1 aliphatic heterocycles. The van der Waals surface area contributed by atoms with E-state index in [1.807, 2.05) is 25.1 Å². The lowest BCUT2D eigenvalue weighted by Crippen LogP contribution is -2.35. The molecule has 1 amide bonds. The van der Waals surface area contributed by atoms with Crippen molar-refractivity contribution in [1.29, 1.82) is 0 Å². The molecular formula is C19H23ClN2O3. The van der Waals surface area contributed by atoms with Gasteiger partial charge in [-0.05, 0) is 49.6 Å². The molecule has 3 rings (SSSR count). The number of nitrogen functional groups attached to an aromatic ring is 1. The molecule has 2 aromatic carbocycles. The number of methoxy groups -OCH3 is 2. The molecule has 25 heavy (non-hydrogen) atoms. The first kappa shape index (κ1) is 18.9. The van der Waals surface area contributed by atoms with Gasteiger partial charge in [-0.3, -0.25) is 4.79 Å². The van der Waals surface area contributed by atoms with Gasteiger partial charge in [0.05, 0.1) is 14.2 Å². The molecule has 0 bridgehead atoms. The molecule has 1 aliphatic rings. The summed E-state index contributed by atoms with van der Waals surface area (Å²) in [6, 6.07) is 9.24. The highest BCUT2D eigenvalue weighted by Crippen LogP contribution is 2.34. The Bertz CT molecular complexity index is 767. The second kappa shape index (κ2) is 7.66. The molecule has 0 unspecified atom stereocenters. The third-order valence-electron chi connectivity index (χ3n) is 4.53. The largest absolute Gasteiger partial charge is 0.496 e. The van der Waals surface area contributed by atoms with Crippen molar-refractivity contribution in [2.45, 2.75) is 19.8 Å². The van der Waals surface area contributed by atoms with Crippen LogP contribution in [0.3, 0.4) is 0 Å². The minimum absolute atomic E-state index is 0. The number of ether oxygens (including phenoxy) is 2. The van der Waals surface area contributed by atoms with Crippen LogP contribution < -0.4 is 20.1 Å². The Labute approximate surface area is 154 Å². The predicted octanol–water partition coefficient (Wildman–Crippen LogP) is 3.61. The first-order chi connectivity index (χ1) is 11.6. The molecule has 134 valence electrons. The number of amides is 1. The fourth-order valence-corrected chi connectivity index (χ4v) is 3.23. The minimum Gasteiger partial charge on any atom is -0.496 e. The topological polar surface area (TPSA) is 64.8 Å². The van der Waals surface area contributed by atoms with Crippen molar-refractivity contribution in [1.82, 2.24) is 0 Å². The van der Waals surface area contributed by atoms with Gasteiger partial charge in [-0.15, -0.1) is 12.4 Å². The summed E-state index contributed by atoms with van der Waals surface area (Å²) in [6.45, 7) is 2.58. The molecule has 0 fully saturated rings. The zero-order chi connectivity index (χ0) is 17.3. The van der Waals surface area contributed by atoms with Gasteiger partial charge in [-0.1, -0.05) is 6.07 Å². The summed E-state index contributed by atoms with van der Waals surface area (Å²) < 4.78 is 10.8. The molecule has 2 aromatic rings. The van der Waals surface area contributed by atoms with Gasteiger partial charge in [-0.2, -0.15) is 0 Å². The first-order valence-corrected chi connectivity index (χ1v) is 7.98. The molecule has 0 aliphatic carbocycles. The van der Waals surface area contributed by atoms with Crippen LogP contribution in [0.1, 0.15) is 27.9 Å². The fraction of sp³-hybridized carbons (Fsp3) is 0.316. The molecule has 0 spiro atoms. The number of anilines is 2. The van der Waals surface area contributed by atoms with E-state index in [2.05, 4.69) is 0 Å². The molecule has 1 heterocycles. The van der Waals surface area contributed by atoms with E-state index in [1.54, 1.807) is 31.3 Å². The van der Waals surface area contributed by atoms with E-state index in [4.69, 9.17) is 15.2 Å². The van der Waals surface area contributed by atoms with Crippen molar-refractivity contribution in [3.8, 4) is 11.5 Å². The predicted molar refractivity (Wildman–Crippen MR) is 102 cm³/mol. The zero-order valence-corrected chi connectivity index (χ0v) is 15.5. The van der Waals surface area contributed by atoms with E-state index in [0.29, 0.717) is 23.6 Å². The molecule has 6 heteroatoms. The van der Waals surface area contributed by atoms with Gasteiger partial charge in [0, 0.05) is 29.0 Å². The monoisotopic (exact) mass is 362 g/mol. The molecule has 0 radical (unpaired) electrons. The van der Waals surface area contributed by atoms with Crippen LogP contribution in [0.2, 0.25) is 0 Å². The summed E-state index contributed by atoms with van der Waals surface area (Å²) in [6.07, 6.45) is 1.79. The average molecular weight is 363 g/mol. The third kappa shape index (κ3) is 3.37. The number of rotatable bonds is 3. The number of benzene rings is 2. The van der Waals surface area contributed by atoms with Crippen molar-refractivity contribution in [3.05, 3.63) is 47.0 Å². The summed E-state index contributed by atoms with van der Waals surface area (Å²) in [5.41, 5.74) is 10.2. The van der Waals surface area contributed by atoms with Crippen LogP contribution in [0.15, 0.2) is 30.3 Å². The highest BCUT2D eigenvalue weighted by Gasteiger charge is 2.26. The Balaban J connectivity index is 0.00000225. The van der Waals surface area contributed by atoms with Crippen LogP contribution in [0.25, 0.3) is 0 Å². The van der Waals surface area contributed by atoms with Crippen molar-refractivity contribution in [2.75, 3.05) is 31.4 Å². The third-order valence-corrected chi connectivity index (χ3v) is 4.53. The number of nitrogens with two attached hydrogens (primary N) is 1. The number of carbonyl (C=O) groups excluding carboxylic acids is 1. The van der Waals surface area contributed by atoms with E-state index in [9.17, 15) is 4.79 Å². The maximum Gasteiger partial charge on any atom is 0.258 e. The molecule has 0 atom stereocenters. The lowest BCUT2D eigenvalue weighted by atomic mass is 9.98. The first-order valence-electron chi connectivity index (χ1n) is 7.98. The van der Waals surface area contributed by atoms with Crippen LogP contribution in [0.4, 0.5) is 11.4 Å². The maximum absolute atomic E-state index is 13.1. The van der Waals surface area contributed by atoms with Crippen LogP contribution in [-0.4, -0.2) is 26.7 Å². The van der Waals surface area contributed by atoms with Crippen LogP contribution >= 0.6 is 12.4 Å². The summed E-state index contributed by atoms with van der Waals surface area (Å²) in [7, 11) is 3.18. The Kier molecular flexibility index (Phi) is 5.80. The second-order valence-corrected chi connectivity index (χ2v) is 5.91. The Morgan fingerprint density at radius 3 is 2.40 bits per heavy atom. The summed E-state index contributed by atoms with van der Waals surface area (Å²) in [5.74, 6) is 1.21. The van der Waals surface area contributed by atoms with Crippen LogP contribution in [0, 0.1) is 6.92 Å². The van der Waals surface area contributed by atoms with Crippen molar-refractivity contribution >= 4 is 29.7 Å². The number of carbonyl (C=O) groups is 1. The van der Waals surface area contributed by atoms with E-state index in [-0.39, 0.29) is 18.3 Å². The number of halogens is 1. The Morgan fingerprint density at radius 2 is 1.80 bits per heavy atom. The molecule has 5 nitrogen and oxygen atoms in total. The Hall–Kier alpha value is -2.40. The maximum atomic E-state index is 13.1. The van der Waals surface area contributed by atoms with Gasteiger partial charge in [0.2, 0.25) is 0 Å². The second-order valence-electron chi connectivity index (χ2n) is 5.91. The highest BCUT2D eigenvalue weighted by molar-refractivity contribution is 6.07. The van der Waals surface area contributed by atoms with Gasteiger partial charge < -0.3 is 20.1 Å². The van der Waals surface area contributed by atoms with Gasteiger partial charge in [-0.25, -0.2) is 0 Å². The van der Waals surface area contributed by atoms with Crippen LogP contribution in [-0.2, 0) is 6.42 Å².